The number of hydrogen-bond acceptors (Lipinski definition) is 4. The van der Waals surface area contributed by atoms with E-state index in [0.717, 1.165) is 23.5 Å². The van der Waals surface area contributed by atoms with Crippen LogP contribution in [0.5, 0.6) is 11.5 Å². The maximum absolute atomic E-state index is 11.9. The number of nitrogens with zero attached hydrogens (tertiary/aromatic N) is 1. The number of aliphatic imine (C=N–C) groups is 1. The predicted octanol–water partition coefficient (Wildman–Crippen LogP) is 3.01. The minimum Gasteiger partial charge on any atom is -0.490 e. The van der Waals surface area contributed by atoms with Gasteiger partial charge in [0.05, 0.1) is 19.3 Å². The minimum atomic E-state index is 0.00928. The molecule has 0 aromatic heterocycles. The number of amides is 1. The van der Waals surface area contributed by atoms with E-state index in [9.17, 15) is 4.79 Å². The summed E-state index contributed by atoms with van der Waals surface area (Å²) in [7, 11) is 1.71. The lowest BCUT2D eigenvalue weighted by molar-refractivity contribution is -0.121. The first-order valence-electron chi connectivity index (χ1n) is 10.1. The highest BCUT2D eigenvalue weighted by molar-refractivity contribution is 5.81. The lowest BCUT2D eigenvalue weighted by Crippen LogP contribution is -2.41. The Balaban J connectivity index is 2.62. The van der Waals surface area contributed by atoms with Crippen molar-refractivity contribution in [3.63, 3.8) is 0 Å². The Morgan fingerprint density at radius 2 is 1.75 bits per heavy atom. The Hall–Kier alpha value is -2.44. The number of nitrogens with one attached hydrogen (secondary N) is 3. The van der Waals surface area contributed by atoms with Gasteiger partial charge in [-0.05, 0) is 51.8 Å². The van der Waals surface area contributed by atoms with Crippen molar-refractivity contribution in [2.24, 2.45) is 4.99 Å². The van der Waals surface area contributed by atoms with E-state index < -0.39 is 0 Å². The van der Waals surface area contributed by atoms with Crippen molar-refractivity contribution in [2.45, 2.75) is 59.5 Å². The van der Waals surface area contributed by atoms with Crippen LogP contribution < -0.4 is 25.4 Å². The molecule has 1 aromatic rings. The molecule has 1 amide bonds. The zero-order valence-corrected chi connectivity index (χ0v) is 18.1. The molecule has 1 aromatic carbocycles. The average molecular weight is 393 g/mol. The molecular formula is C21H36N4O3. The normalized spacial score (nSPS) is 13.4. The summed E-state index contributed by atoms with van der Waals surface area (Å²) in [6.45, 7) is 11.7. The first kappa shape index (κ1) is 23.6. The summed E-state index contributed by atoms with van der Waals surface area (Å²) in [5.41, 5.74) is 1.06. The summed E-state index contributed by atoms with van der Waals surface area (Å²) in [5.74, 6) is 2.17. The monoisotopic (exact) mass is 392 g/mol. The number of benzene rings is 1. The quantitative estimate of drug-likeness (QED) is 0.398. The van der Waals surface area contributed by atoms with Crippen molar-refractivity contribution in [3.8, 4) is 11.5 Å². The number of rotatable bonds is 11. The standard InChI is InChI=1S/C21H36N4O3/c1-7-15(4)24-20(26)12-13-23-21(22-6)25-16(5)17-10-11-18(27-8-2)19(14-17)28-9-3/h10-11,14-16H,7-9,12-13H2,1-6H3,(H,24,26)(H2,22,23,25). The van der Waals surface area contributed by atoms with Gasteiger partial charge in [-0.2, -0.15) is 0 Å². The molecule has 0 heterocycles. The number of carbonyl (C=O) groups excluding carboxylic acids is 1. The molecule has 0 aliphatic carbocycles. The Bertz CT molecular complexity index is 634. The Morgan fingerprint density at radius 1 is 1.07 bits per heavy atom. The molecule has 7 heteroatoms. The van der Waals surface area contributed by atoms with Gasteiger partial charge in [0.25, 0.3) is 0 Å². The van der Waals surface area contributed by atoms with Crippen LogP contribution in [-0.4, -0.2) is 44.7 Å². The SMILES string of the molecule is CCOc1ccc(C(C)NC(=NC)NCCC(=O)NC(C)CC)cc1OCC. The molecule has 0 spiro atoms. The topological polar surface area (TPSA) is 84.0 Å². The van der Waals surface area contributed by atoms with Crippen LogP contribution in [0.15, 0.2) is 23.2 Å². The minimum absolute atomic E-state index is 0.00928. The van der Waals surface area contributed by atoms with Gasteiger partial charge in [-0.1, -0.05) is 13.0 Å². The third kappa shape index (κ3) is 8.06. The van der Waals surface area contributed by atoms with Crippen LogP contribution in [0, 0.1) is 0 Å². The van der Waals surface area contributed by atoms with Crippen LogP contribution in [0.25, 0.3) is 0 Å². The summed E-state index contributed by atoms with van der Waals surface area (Å²) in [6, 6.07) is 6.13. The van der Waals surface area contributed by atoms with E-state index in [0.29, 0.717) is 32.1 Å². The molecule has 3 N–H and O–H groups in total. The summed E-state index contributed by atoms with van der Waals surface area (Å²) in [5, 5.41) is 9.48. The van der Waals surface area contributed by atoms with Gasteiger partial charge in [0.2, 0.25) is 5.91 Å². The number of guanidine groups is 1. The van der Waals surface area contributed by atoms with E-state index in [4.69, 9.17) is 9.47 Å². The molecule has 0 aliphatic heterocycles. The molecule has 0 aliphatic rings. The average Bonchev–Trinajstić information content (AvgIpc) is 2.68. The number of hydrogen-bond donors (Lipinski definition) is 3. The maximum Gasteiger partial charge on any atom is 0.221 e. The van der Waals surface area contributed by atoms with Gasteiger partial charge in [0.1, 0.15) is 0 Å². The molecule has 7 nitrogen and oxygen atoms in total. The first-order chi connectivity index (χ1) is 13.4. The number of ether oxygens (including phenoxy) is 2. The Morgan fingerprint density at radius 3 is 2.36 bits per heavy atom. The molecule has 28 heavy (non-hydrogen) atoms. The molecule has 0 saturated heterocycles. The second-order valence-corrected chi connectivity index (χ2v) is 6.56. The largest absolute Gasteiger partial charge is 0.490 e. The summed E-state index contributed by atoms with van der Waals surface area (Å²) in [4.78, 5) is 16.1. The highest BCUT2D eigenvalue weighted by atomic mass is 16.5. The van der Waals surface area contributed by atoms with Crippen LogP contribution in [0.1, 0.15) is 59.1 Å². The van der Waals surface area contributed by atoms with Crippen LogP contribution in [0.4, 0.5) is 0 Å². The number of carbonyl (C=O) groups is 1. The molecule has 2 atom stereocenters. The predicted molar refractivity (Wildman–Crippen MR) is 114 cm³/mol. The molecule has 2 unspecified atom stereocenters. The third-order valence-electron chi connectivity index (χ3n) is 4.31. The lowest BCUT2D eigenvalue weighted by atomic mass is 10.1. The van der Waals surface area contributed by atoms with E-state index in [1.165, 1.54) is 0 Å². The summed E-state index contributed by atoms with van der Waals surface area (Å²) >= 11 is 0. The van der Waals surface area contributed by atoms with Crippen LogP contribution in [0.3, 0.4) is 0 Å². The van der Waals surface area contributed by atoms with Gasteiger partial charge in [-0.25, -0.2) is 0 Å². The van der Waals surface area contributed by atoms with Gasteiger partial charge >= 0.3 is 0 Å². The first-order valence-corrected chi connectivity index (χ1v) is 10.1. The van der Waals surface area contributed by atoms with Crippen molar-refractivity contribution in [1.82, 2.24) is 16.0 Å². The Kier molecular flexibility index (Phi) is 10.8. The van der Waals surface area contributed by atoms with Crippen molar-refractivity contribution in [3.05, 3.63) is 23.8 Å². The van der Waals surface area contributed by atoms with Gasteiger partial charge in [0, 0.05) is 26.1 Å². The molecule has 0 radical (unpaired) electrons. The second-order valence-electron chi connectivity index (χ2n) is 6.56. The molecule has 1 rings (SSSR count). The van der Waals surface area contributed by atoms with Crippen molar-refractivity contribution in [2.75, 3.05) is 26.8 Å². The van der Waals surface area contributed by atoms with Crippen LogP contribution >= 0.6 is 0 Å². The van der Waals surface area contributed by atoms with Crippen molar-refractivity contribution >= 4 is 11.9 Å². The third-order valence-corrected chi connectivity index (χ3v) is 4.31. The molecular weight excluding hydrogens is 356 g/mol. The molecule has 158 valence electrons. The van der Waals surface area contributed by atoms with Crippen LogP contribution in [0.2, 0.25) is 0 Å². The van der Waals surface area contributed by atoms with Gasteiger partial charge in [0.15, 0.2) is 17.5 Å². The summed E-state index contributed by atoms with van der Waals surface area (Å²) in [6.07, 6.45) is 1.32. The van der Waals surface area contributed by atoms with Crippen molar-refractivity contribution in [1.29, 1.82) is 0 Å². The van der Waals surface area contributed by atoms with E-state index in [1.54, 1.807) is 7.05 Å². The van der Waals surface area contributed by atoms with Gasteiger partial charge < -0.3 is 25.4 Å². The molecule has 0 bridgehead atoms. The fraction of sp³-hybridized carbons (Fsp3) is 0.619. The smallest absolute Gasteiger partial charge is 0.221 e. The fourth-order valence-electron chi connectivity index (χ4n) is 2.56. The highest BCUT2D eigenvalue weighted by Gasteiger charge is 2.13. The molecule has 0 saturated carbocycles. The van der Waals surface area contributed by atoms with E-state index in [2.05, 4.69) is 20.9 Å². The second kappa shape index (κ2) is 12.9. The van der Waals surface area contributed by atoms with Crippen molar-refractivity contribution < 1.29 is 14.3 Å². The van der Waals surface area contributed by atoms with Crippen LogP contribution in [-0.2, 0) is 4.79 Å². The fourth-order valence-corrected chi connectivity index (χ4v) is 2.56. The summed E-state index contributed by atoms with van der Waals surface area (Å²) < 4.78 is 11.3. The zero-order chi connectivity index (χ0) is 20.9. The van der Waals surface area contributed by atoms with E-state index in [1.807, 2.05) is 52.8 Å². The highest BCUT2D eigenvalue weighted by Crippen LogP contribution is 2.30. The van der Waals surface area contributed by atoms with Gasteiger partial charge in [-0.3, -0.25) is 9.79 Å². The molecule has 0 fully saturated rings. The maximum atomic E-state index is 11.9. The zero-order valence-electron chi connectivity index (χ0n) is 18.1. The van der Waals surface area contributed by atoms with E-state index >= 15 is 0 Å². The Labute approximate surface area is 169 Å². The van der Waals surface area contributed by atoms with Gasteiger partial charge in [-0.15, -0.1) is 0 Å². The lowest BCUT2D eigenvalue weighted by Gasteiger charge is -2.20. The van der Waals surface area contributed by atoms with E-state index in [-0.39, 0.29) is 18.0 Å².